The smallest absolute Gasteiger partial charge is 0.208 e. The zero-order valence-corrected chi connectivity index (χ0v) is 10.2. The molecule has 0 aliphatic heterocycles. The predicted octanol–water partition coefficient (Wildman–Crippen LogP) is 2.46. The summed E-state index contributed by atoms with van der Waals surface area (Å²) in [5, 5.41) is 0. The molecule has 1 atom stereocenters. The van der Waals surface area contributed by atoms with Crippen LogP contribution in [0.3, 0.4) is 0 Å². The van der Waals surface area contributed by atoms with Crippen LogP contribution < -0.4 is 0 Å². The summed E-state index contributed by atoms with van der Waals surface area (Å²) in [5.41, 5.74) is 0.658. The van der Waals surface area contributed by atoms with Crippen molar-refractivity contribution in [2.24, 2.45) is 5.92 Å². The SMILES string of the molecule is CCC(=O)C(=O)C(c1ccccn1)C1C=CC=C1. The van der Waals surface area contributed by atoms with Gasteiger partial charge >= 0.3 is 0 Å². The Morgan fingerprint density at radius 3 is 2.56 bits per heavy atom. The van der Waals surface area contributed by atoms with E-state index in [0.29, 0.717) is 5.69 Å². The number of carbonyl (C=O) groups excluding carboxylic acids is 2. The predicted molar refractivity (Wildman–Crippen MR) is 69.1 cm³/mol. The molecule has 0 saturated carbocycles. The van der Waals surface area contributed by atoms with Crippen LogP contribution in [0.25, 0.3) is 0 Å². The lowest BCUT2D eigenvalue weighted by Crippen LogP contribution is -2.26. The van der Waals surface area contributed by atoms with Crippen LogP contribution in [0, 0.1) is 5.92 Å². The first-order valence-electron chi connectivity index (χ1n) is 6.07. The van der Waals surface area contributed by atoms with E-state index in [0.717, 1.165) is 0 Å². The Morgan fingerprint density at radius 2 is 2.00 bits per heavy atom. The lowest BCUT2D eigenvalue weighted by Gasteiger charge is -2.18. The van der Waals surface area contributed by atoms with E-state index < -0.39 is 5.92 Å². The molecule has 0 N–H and O–H groups in total. The number of hydrogen-bond donors (Lipinski definition) is 0. The fourth-order valence-electron chi connectivity index (χ4n) is 2.09. The average molecular weight is 241 g/mol. The molecule has 0 aromatic carbocycles. The summed E-state index contributed by atoms with van der Waals surface area (Å²) < 4.78 is 0. The molecule has 2 rings (SSSR count). The number of aromatic nitrogens is 1. The number of pyridine rings is 1. The maximum Gasteiger partial charge on any atom is 0.208 e. The molecular formula is C15H15NO2. The Morgan fingerprint density at radius 1 is 1.28 bits per heavy atom. The number of Topliss-reactive ketones (excluding diaryl/α,β-unsaturated/α-hetero) is 2. The van der Waals surface area contributed by atoms with Gasteiger partial charge in [0.25, 0.3) is 0 Å². The zero-order valence-electron chi connectivity index (χ0n) is 10.2. The van der Waals surface area contributed by atoms with Gasteiger partial charge in [-0.15, -0.1) is 0 Å². The second kappa shape index (κ2) is 5.54. The molecule has 1 heterocycles. The first-order chi connectivity index (χ1) is 8.74. The minimum atomic E-state index is -0.492. The molecule has 0 radical (unpaired) electrons. The highest BCUT2D eigenvalue weighted by Gasteiger charge is 2.32. The molecule has 92 valence electrons. The Hall–Kier alpha value is -2.03. The maximum atomic E-state index is 12.2. The summed E-state index contributed by atoms with van der Waals surface area (Å²) in [4.78, 5) is 28.1. The van der Waals surface area contributed by atoms with Crippen molar-refractivity contribution in [1.82, 2.24) is 4.98 Å². The summed E-state index contributed by atoms with van der Waals surface area (Å²) in [6, 6.07) is 5.43. The fourth-order valence-corrected chi connectivity index (χ4v) is 2.09. The van der Waals surface area contributed by atoms with Crippen LogP contribution in [0.5, 0.6) is 0 Å². The molecular weight excluding hydrogens is 226 g/mol. The van der Waals surface area contributed by atoms with Crippen molar-refractivity contribution in [3.05, 3.63) is 54.4 Å². The number of allylic oxidation sites excluding steroid dienone is 4. The monoisotopic (exact) mass is 241 g/mol. The Labute approximate surface area is 106 Å². The first kappa shape index (κ1) is 12.4. The van der Waals surface area contributed by atoms with Crippen molar-refractivity contribution in [3.63, 3.8) is 0 Å². The molecule has 1 aromatic heterocycles. The number of carbonyl (C=O) groups is 2. The molecule has 0 spiro atoms. The van der Waals surface area contributed by atoms with E-state index in [1.54, 1.807) is 25.3 Å². The fraction of sp³-hybridized carbons (Fsp3) is 0.267. The molecule has 0 saturated heterocycles. The molecule has 0 amide bonds. The second-order valence-corrected chi connectivity index (χ2v) is 4.22. The van der Waals surface area contributed by atoms with Crippen LogP contribution in [-0.4, -0.2) is 16.6 Å². The quantitative estimate of drug-likeness (QED) is 0.744. The molecule has 1 aliphatic rings. The van der Waals surface area contributed by atoms with Crippen molar-refractivity contribution in [2.45, 2.75) is 19.3 Å². The van der Waals surface area contributed by atoms with Crippen molar-refractivity contribution in [2.75, 3.05) is 0 Å². The van der Waals surface area contributed by atoms with E-state index in [2.05, 4.69) is 4.98 Å². The zero-order chi connectivity index (χ0) is 13.0. The maximum absolute atomic E-state index is 12.2. The second-order valence-electron chi connectivity index (χ2n) is 4.22. The number of nitrogens with zero attached hydrogens (tertiary/aromatic N) is 1. The van der Waals surface area contributed by atoms with Crippen LogP contribution in [0.2, 0.25) is 0 Å². The van der Waals surface area contributed by atoms with Crippen LogP contribution >= 0.6 is 0 Å². The minimum Gasteiger partial charge on any atom is -0.291 e. The van der Waals surface area contributed by atoms with Gasteiger partial charge < -0.3 is 0 Å². The number of hydrogen-bond acceptors (Lipinski definition) is 3. The van der Waals surface area contributed by atoms with E-state index in [1.165, 1.54) is 0 Å². The Kier molecular flexibility index (Phi) is 3.82. The molecule has 0 fully saturated rings. The Balaban J connectivity index is 2.35. The summed E-state index contributed by atoms with van der Waals surface area (Å²) in [5.74, 6) is -1.24. The number of ketones is 2. The van der Waals surface area contributed by atoms with Crippen molar-refractivity contribution < 1.29 is 9.59 Å². The van der Waals surface area contributed by atoms with Crippen molar-refractivity contribution in [1.29, 1.82) is 0 Å². The van der Waals surface area contributed by atoms with Gasteiger partial charge in [-0.2, -0.15) is 0 Å². The Bertz CT molecular complexity index is 490. The third-order valence-corrected chi connectivity index (χ3v) is 3.05. The van der Waals surface area contributed by atoms with Crippen LogP contribution in [0.15, 0.2) is 48.7 Å². The van der Waals surface area contributed by atoms with Crippen LogP contribution in [-0.2, 0) is 9.59 Å². The molecule has 1 aromatic rings. The van der Waals surface area contributed by atoms with Gasteiger partial charge in [-0.25, -0.2) is 0 Å². The van der Waals surface area contributed by atoms with E-state index in [1.807, 2.05) is 30.4 Å². The lowest BCUT2D eigenvalue weighted by molar-refractivity contribution is -0.137. The lowest BCUT2D eigenvalue weighted by atomic mass is 9.84. The van der Waals surface area contributed by atoms with Crippen molar-refractivity contribution in [3.8, 4) is 0 Å². The van der Waals surface area contributed by atoms with Crippen LogP contribution in [0.4, 0.5) is 0 Å². The molecule has 1 aliphatic carbocycles. The minimum absolute atomic E-state index is 0.0668. The van der Waals surface area contributed by atoms with Gasteiger partial charge in [0.2, 0.25) is 5.78 Å². The topological polar surface area (TPSA) is 47.0 Å². The highest BCUT2D eigenvalue weighted by molar-refractivity contribution is 6.39. The van der Waals surface area contributed by atoms with E-state index in [9.17, 15) is 9.59 Å². The molecule has 3 nitrogen and oxygen atoms in total. The average Bonchev–Trinajstić information content (AvgIpc) is 2.93. The van der Waals surface area contributed by atoms with Gasteiger partial charge in [-0.1, -0.05) is 37.3 Å². The van der Waals surface area contributed by atoms with E-state index in [-0.39, 0.29) is 23.9 Å². The first-order valence-corrected chi connectivity index (χ1v) is 6.07. The summed E-state index contributed by atoms with van der Waals surface area (Å²) in [6.45, 7) is 1.70. The molecule has 1 unspecified atom stereocenters. The van der Waals surface area contributed by atoms with Crippen LogP contribution in [0.1, 0.15) is 25.0 Å². The normalized spacial score (nSPS) is 15.8. The van der Waals surface area contributed by atoms with Gasteiger partial charge in [-0.05, 0) is 12.1 Å². The van der Waals surface area contributed by atoms with E-state index in [4.69, 9.17) is 0 Å². The largest absolute Gasteiger partial charge is 0.291 e. The number of rotatable bonds is 5. The molecule has 18 heavy (non-hydrogen) atoms. The summed E-state index contributed by atoms with van der Waals surface area (Å²) in [7, 11) is 0. The van der Waals surface area contributed by atoms with Gasteiger partial charge in [0, 0.05) is 18.5 Å². The van der Waals surface area contributed by atoms with Gasteiger partial charge in [-0.3, -0.25) is 14.6 Å². The van der Waals surface area contributed by atoms with Gasteiger partial charge in [0.1, 0.15) is 0 Å². The van der Waals surface area contributed by atoms with Crippen molar-refractivity contribution >= 4 is 11.6 Å². The molecule has 0 bridgehead atoms. The summed E-state index contributed by atoms with van der Waals surface area (Å²) >= 11 is 0. The highest BCUT2D eigenvalue weighted by Crippen LogP contribution is 2.29. The summed E-state index contributed by atoms with van der Waals surface area (Å²) in [6.07, 6.45) is 9.53. The third kappa shape index (κ3) is 2.45. The standard InChI is InChI=1S/C15H15NO2/c1-2-13(17)15(18)14(11-7-3-4-8-11)12-9-5-6-10-16-12/h3-11,14H,2H2,1H3. The van der Waals surface area contributed by atoms with Gasteiger partial charge in [0.05, 0.1) is 11.6 Å². The highest BCUT2D eigenvalue weighted by atomic mass is 16.2. The molecule has 3 heteroatoms. The van der Waals surface area contributed by atoms with E-state index >= 15 is 0 Å². The van der Waals surface area contributed by atoms with Gasteiger partial charge in [0.15, 0.2) is 5.78 Å². The third-order valence-electron chi connectivity index (χ3n) is 3.05.